The second-order valence-electron chi connectivity index (χ2n) is 5.93. The number of carbonyl (C=O) groups is 1. The van der Waals surface area contributed by atoms with Gasteiger partial charge in [0.05, 0.1) is 12.4 Å². The lowest BCUT2D eigenvalue weighted by Gasteiger charge is -2.08. The van der Waals surface area contributed by atoms with Crippen LogP contribution in [0.25, 0.3) is 22.3 Å². The van der Waals surface area contributed by atoms with Gasteiger partial charge in [0.25, 0.3) is 0 Å². The highest BCUT2D eigenvalue weighted by Gasteiger charge is 2.38. The van der Waals surface area contributed by atoms with Crippen molar-refractivity contribution in [3.63, 3.8) is 0 Å². The number of hydrogen-bond acceptors (Lipinski definition) is 8. The predicted molar refractivity (Wildman–Crippen MR) is 95.9 cm³/mol. The molecule has 1 N–H and O–H groups in total. The van der Waals surface area contributed by atoms with Crippen LogP contribution >= 0.6 is 0 Å². The van der Waals surface area contributed by atoms with Crippen molar-refractivity contribution in [2.45, 2.75) is 12.8 Å². The number of anilines is 1. The summed E-state index contributed by atoms with van der Waals surface area (Å²) in [7, 11) is 0. The summed E-state index contributed by atoms with van der Waals surface area (Å²) in [5.74, 6) is -1.85. The molecule has 1 amide bonds. The summed E-state index contributed by atoms with van der Waals surface area (Å²) in [6, 6.07) is 7.52. The fraction of sp³-hybridized carbons (Fsp3) is 0.111. The molecule has 4 aromatic rings. The lowest BCUT2D eigenvalue weighted by atomic mass is 10.1. The van der Waals surface area contributed by atoms with Gasteiger partial charge in [-0.05, 0) is 5.39 Å². The highest BCUT2D eigenvalue weighted by atomic mass is 19.4. The Morgan fingerprint density at radius 3 is 2.67 bits per heavy atom. The van der Waals surface area contributed by atoms with Gasteiger partial charge in [0.1, 0.15) is 12.3 Å². The molecular formula is C18H11F3N6O3. The van der Waals surface area contributed by atoms with Gasteiger partial charge in [-0.2, -0.15) is 18.2 Å². The summed E-state index contributed by atoms with van der Waals surface area (Å²) in [6.07, 6.45) is -0.0239. The third-order valence-corrected chi connectivity index (χ3v) is 3.89. The zero-order chi connectivity index (χ0) is 21.1. The summed E-state index contributed by atoms with van der Waals surface area (Å²) < 4.78 is 46.8. The molecule has 12 heteroatoms. The fourth-order valence-corrected chi connectivity index (χ4v) is 2.53. The normalized spacial score (nSPS) is 11.4. The topological polar surface area (TPSA) is 116 Å². The Kier molecular flexibility index (Phi) is 4.96. The molecule has 0 fully saturated rings. The molecule has 0 aliphatic rings. The number of hydrogen-bond donors (Lipinski definition) is 1. The monoisotopic (exact) mass is 416 g/mol. The minimum Gasteiger partial charge on any atom is -0.444 e. The van der Waals surface area contributed by atoms with Gasteiger partial charge >= 0.3 is 18.2 Å². The molecular weight excluding hydrogens is 405 g/mol. The van der Waals surface area contributed by atoms with Crippen LogP contribution in [0, 0.1) is 0 Å². The van der Waals surface area contributed by atoms with E-state index < -0.39 is 18.2 Å². The molecule has 0 radical (unpaired) electrons. The highest BCUT2D eigenvalue weighted by Crippen LogP contribution is 2.28. The first-order valence-corrected chi connectivity index (χ1v) is 8.39. The van der Waals surface area contributed by atoms with Gasteiger partial charge in [0.15, 0.2) is 5.82 Å². The molecule has 9 nitrogen and oxygen atoms in total. The Hall–Kier alpha value is -4.09. The van der Waals surface area contributed by atoms with Crippen molar-refractivity contribution in [1.29, 1.82) is 0 Å². The van der Waals surface area contributed by atoms with E-state index >= 15 is 0 Å². The van der Waals surface area contributed by atoms with E-state index in [0.717, 1.165) is 28.7 Å². The van der Waals surface area contributed by atoms with Crippen molar-refractivity contribution in [1.82, 2.24) is 25.1 Å². The quantitative estimate of drug-likeness (QED) is 0.533. The fourth-order valence-electron chi connectivity index (χ4n) is 2.53. The number of benzene rings is 1. The van der Waals surface area contributed by atoms with Crippen LogP contribution in [0.2, 0.25) is 0 Å². The maximum atomic E-state index is 12.5. The number of halogens is 3. The molecule has 0 unspecified atom stereocenters. The van der Waals surface area contributed by atoms with Gasteiger partial charge < -0.3 is 9.26 Å². The number of rotatable bonds is 4. The third kappa shape index (κ3) is 4.16. The number of ether oxygens (including phenoxy) is 1. The van der Waals surface area contributed by atoms with Crippen LogP contribution in [0.4, 0.5) is 23.8 Å². The number of nitrogens with one attached hydrogen (secondary N) is 1. The van der Waals surface area contributed by atoms with E-state index in [4.69, 9.17) is 4.74 Å². The first-order valence-electron chi connectivity index (χ1n) is 8.39. The van der Waals surface area contributed by atoms with Crippen LogP contribution in [0.3, 0.4) is 0 Å². The van der Waals surface area contributed by atoms with Crippen LogP contribution in [-0.2, 0) is 17.5 Å². The van der Waals surface area contributed by atoms with Crippen LogP contribution in [0.15, 0.2) is 53.6 Å². The first kappa shape index (κ1) is 19.2. The minimum atomic E-state index is -4.76. The summed E-state index contributed by atoms with van der Waals surface area (Å²) in [5, 5.41) is 7.39. The second-order valence-corrected chi connectivity index (χ2v) is 5.93. The smallest absolute Gasteiger partial charge is 0.444 e. The van der Waals surface area contributed by atoms with Gasteiger partial charge in [0, 0.05) is 23.3 Å². The molecule has 0 spiro atoms. The Morgan fingerprint density at radius 2 is 1.93 bits per heavy atom. The largest absolute Gasteiger partial charge is 0.471 e. The number of carbonyl (C=O) groups excluding carboxylic acids is 1. The van der Waals surface area contributed by atoms with Crippen molar-refractivity contribution in [2.24, 2.45) is 0 Å². The predicted octanol–water partition coefficient (Wildman–Crippen LogP) is 3.84. The van der Waals surface area contributed by atoms with E-state index in [9.17, 15) is 18.0 Å². The van der Waals surface area contributed by atoms with Crippen LogP contribution in [0.1, 0.15) is 11.5 Å². The average Bonchev–Trinajstić information content (AvgIpc) is 3.24. The van der Waals surface area contributed by atoms with Gasteiger partial charge in [-0.3, -0.25) is 10.3 Å². The van der Waals surface area contributed by atoms with Gasteiger partial charge in [-0.25, -0.2) is 14.8 Å². The van der Waals surface area contributed by atoms with Crippen molar-refractivity contribution in [2.75, 3.05) is 5.32 Å². The molecule has 0 atom stereocenters. The third-order valence-electron chi connectivity index (χ3n) is 3.89. The molecule has 1 aromatic carbocycles. The lowest BCUT2D eigenvalue weighted by Crippen LogP contribution is -2.15. The van der Waals surface area contributed by atoms with Crippen molar-refractivity contribution in [3.8, 4) is 11.5 Å². The zero-order valence-electron chi connectivity index (χ0n) is 14.9. The van der Waals surface area contributed by atoms with Crippen molar-refractivity contribution in [3.05, 3.63) is 60.5 Å². The summed E-state index contributed by atoms with van der Waals surface area (Å²) in [5.41, 5.74) is 0.664. The van der Waals surface area contributed by atoms with E-state index in [2.05, 4.69) is 34.9 Å². The Bertz CT molecular complexity index is 1190. The Morgan fingerprint density at radius 1 is 1.10 bits per heavy atom. The van der Waals surface area contributed by atoms with E-state index in [-0.39, 0.29) is 23.9 Å². The summed E-state index contributed by atoms with van der Waals surface area (Å²) in [6.45, 7) is -0.0191. The summed E-state index contributed by atoms with van der Waals surface area (Å²) >= 11 is 0. The average molecular weight is 416 g/mol. The standard InChI is InChI=1S/C18H11F3N6O3/c19-18(20,21)16-26-15(27-30-16)13-7-24-14(8-23-13)25-17(28)29-9-11-6-22-5-10-3-1-2-4-12(10)11/h1-8H,9H2,(H,24,25,28). The number of aromatic nitrogens is 5. The summed E-state index contributed by atoms with van der Waals surface area (Å²) in [4.78, 5) is 27.1. The van der Waals surface area contributed by atoms with Crippen LogP contribution in [0.5, 0.6) is 0 Å². The SMILES string of the molecule is O=C(Nc1cnc(-c2noc(C(F)(F)F)n2)cn1)OCc1cncc2ccccc12. The van der Waals surface area contributed by atoms with E-state index in [0.29, 0.717) is 0 Å². The Labute approximate surface area is 165 Å². The second kappa shape index (κ2) is 7.73. The molecule has 0 aliphatic carbocycles. The number of alkyl halides is 3. The molecule has 30 heavy (non-hydrogen) atoms. The van der Waals surface area contributed by atoms with Crippen molar-refractivity contribution < 1.29 is 27.2 Å². The molecule has 3 heterocycles. The number of nitrogens with zero attached hydrogens (tertiary/aromatic N) is 5. The molecule has 152 valence electrons. The molecule has 0 bridgehead atoms. The minimum absolute atomic E-state index is 0.0191. The maximum Gasteiger partial charge on any atom is 0.471 e. The van der Waals surface area contributed by atoms with E-state index in [1.54, 1.807) is 12.4 Å². The van der Waals surface area contributed by atoms with Gasteiger partial charge in [0.2, 0.25) is 5.82 Å². The first-order chi connectivity index (χ1) is 14.4. The number of pyridine rings is 1. The zero-order valence-corrected chi connectivity index (χ0v) is 14.9. The Balaban J connectivity index is 1.38. The maximum absolute atomic E-state index is 12.5. The lowest BCUT2D eigenvalue weighted by molar-refractivity contribution is -0.159. The van der Waals surface area contributed by atoms with E-state index in [1.807, 2.05) is 24.3 Å². The molecule has 4 rings (SSSR count). The molecule has 0 saturated carbocycles. The van der Waals surface area contributed by atoms with Crippen LogP contribution in [-0.4, -0.2) is 31.2 Å². The van der Waals surface area contributed by atoms with Gasteiger partial charge in [-0.1, -0.05) is 29.4 Å². The van der Waals surface area contributed by atoms with Crippen molar-refractivity contribution >= 4 is 22.7 Å². The van der Waals surface area contributed by atoms with Gasteiger partial charge in [-0.15, -0.1) is 0 Å². The molecule has 3 aromatic heterocycles. The highest BCUT2D eigenvalue weighted by molar-refractivity contribution is 5.86. The van der Waals surface area contributed by atoms with E-state index in [1.165, 1.54) is 0 Å². The molecule has 0 saturated heterocycles. The van der Waals surface area contributed by atoms with Crippen LogP contribution < -0.4 is 5.32 Å². The number of amides is 1. The number of fused-ring (bicyclic) bond motifs is 1. The molecule has 0 aliphatic heterocycles.